The molecule has 2 aromatic heterocycles. The van der Waals surface area contributed by atoms with Gasteiger partial charge in [0.2, 0.25) is 19.7 Å². The number of benzene rings is 4. The van der Waals surface area contributed by atoms with Crippen LogP contribution >= 0.6 is 12.4 Å². The van der Waals surface area contributed by atoms with Crippen LogP contribution in [0.2, 0.25) is 0 Å². The molecule has 0 unspecified atom stereocenters. The second kappa shape index (κ2) is 18.8. The molecule has 2 heterocycles. The van der Waals surface area contributed by atoms with Crippen molar-refractivity contribution in [3.8, 4) is 0 Å². The summed E-state index contributed by atoms with van der Waals surface area (Å²) in [5.41, 5.74) is 17.5. The van der Waals surface area contributed by atoms with Crippen LogP contribution < -0.4 is 5.73 Å². The molecule has 11 nitrogen and oxygen atoms in total. The topological polar surface area (TPSA) is 195 Å². The number of hydrogen-bond donors (Lipinski definition) is 4. The summed E-state index contributed by atoms with van der Waals surface area (Å²) in [6, 6.07) is 27.9. The number of rotatable bonds is 9. The summed E-state index contributed by atoms with van der Waals surface area (Å²) in [5, 5.41) is 12.5. The van der Waals surface area contributed by atoms with Gasteiger partial charge in [0.15, 0.2) is 0 Å². The van der Waals surface area contributed by atoms with E-state index < -0.39 is 19.7 Å². The first-order valence-corrected chi connectivity index (χ1v) is 17.8. The van der Waals surface area contributed by atoms with Crippen molar-refractivity contribution in [1.82, 2.24) is 9.97 Å². The van der Waals surface area contributed by atoms with Crippen molar-refractivity contribution in [2.24, 2.45) is 10.8 Å². The van der Waals surface area contributed by atoms with Crippen molar-refractivity contribution in [2.45, 2.75) is 46.8 Å². The van der Waals surface area contributed by atoms with Crippen LogP contribution in [0.25, 0.3) is 32.2 Å². The number of nitrogens with two attached hydrogens (primary N) is 1. The number of nitrogens with one attached hydrogen (secondary N) is 2. The van der Waals surface area contributed by atoms with Crippen molar-refractivity contribution in [3.63, 3.8) is 0 Å². The van der Waals surface area contributed by atoms with E-state index >= 15 is 0 Å². The Bertz CT molecular complexity index is 2200. The molecule has 0 saturated heterocycles. The zero-order valence-electron chi connectivity index (χ0n) is 26.2. The second-order valence-corrected chi connectivity index (χ2v) is 14.0. The van der Waals surface area contributed by atoms with E-state index in [1.54, 1.807) is 79.9 Å². The number of halogens is 1. The molecular weight excluding hydrogens is 684 g/mol. The molecule has 260 valence electrons. The monoisotopic (exact) mass is 724 g/mol. The molecular formula is C35H41ClN6O5S2. The average Bonchev–Trinajstić information content (AvgIpc) is 3.74. The first-order valence-electron chi connectivity index (χ1n) is 14.8. The number of para-hydroxylation sites is 2. The molecule has 14 heteroatoms. The number of azide groups is 1. The summed E-state index contributed by atoms with van der Waals surface area (Å²) in [7, 11) is -7.09. The predicted molar refractivity (Wildman–Crippen MR) is 198 cm³/mol. The first kappa shape index (κ1) is 40.6. The van der Waals surface area contributed by atoms with Crippen molar-refractivity contribution in [2.75, 3.05) is 19.7 Å². The summed E-state index contributed by atoms with van der Waals surface area (Å²) in [4.78, 5) is 9.99. The standard InChI is InChI=1S/C16H14N4O2S.C16H16N2O2S.C2H6O.CH4.ClH/c17-20-19-10-9-12-5-4-8-14-15(11-18-16(12)14)23(21,22)13-6-2-1-3-7-13;17-10-9-12-5-4-8-14-15(11-18-16(12)14)21(19,20)13-6-2-1-3-7-13;1-2-3;;/h1-8,11,18H,9-10H2;1-8,11,18H,9-10,17H2;3H,2H2,1H3;1H4;1H. The maximum atomic E-state index is 12.8. The highest BCUT2D eigenvalue weighted by atomic mass is 35.5. The van der Waals surface area contributed by atoms with Crippen LogP contribution in [0.5, 0.6) is 0 Å². The molecule has 0 aliphatic heterocycles. The number of sulfone groups is 2. The Kier molecular flexibility index (Phi) is 15.6. The van der Waals surface area contributed by atoms with Crippen LogP contribution in [-0.4, -0.2) is 51.6 Å². The fourth-order valence-electron chi connectivity index (χ4n) is 5.07. The molecule has 4 aromatic carbocycles. The summed E-state index contributed by atoms with van der Waals surface area (Å²) < 4.78 is 51.1. The minimum absolute atomic E-state index is 0. The Hall–Kier alpha value is -4.62. The summed E-state index contributed by atoms with van der Waals surface area (Å²) >= 11 is 0. The van der Waals surface area contributed by atoms with Crippen molar-refractivity contribution >= 4 is 53.9 Å². The SMILES string of the molecule is C.CCO.Cl.NCCc1cccc2c(S(=O)(=O)c3ccccc3)c[nH]c12.[N-]=[N+]=NCCc1cccc2c(S(=O)(=O)c3ccccc3)c[nH]c12. The van der Waals surface area contributed by atoms with E-state index in [9.17, 15) is 16.8 Å². The van der Waals surface area contributed by atoms with Gasteiger partial charge in [0, 0.05) is 46.7 Å². The lowest BCUT2D eigenvalue weighted by Gasteiger charge is -2.04. The molecule has 0 atom stereocenters. The van der Waals surface area contributed by atoms with E-state index in [4.69, 9.17) is 16.4 Å². The molecule has 0 aliphatic rings. The maximum absolute atomic E-state index is 12.8. The zero-order chi connectivity index (χ0) is 33.9. The van der Waals surface area contributed by atoms with Gasteiger partial charge in [-0.3, -0.25) is 0 Å². The maximum Gasteiger partial charge on any atom is 0.208 e. The average molecular weight is 725 g/mol. The van der Waals surface area contributed by atoms with E-state index in [-0.39, 0.29) is 36.2 Å². The van der Waals surface area contributed by atoms with Gasteiger partial charge in [-0.1, -0.05) is 85.3 Å². The minimum Gasteiger partial charge on any atom is -0.397 e. The lowest BCUT2D eigenvalue weighted by atomic mass is 10.1. The Morgan fingerprint density at radius 3 is 1.51 bits per heavy atom. The van der Waals surface area contributed by atoms with E-state index in [2.05, 4.69) is 20.0 Å². The Balaban J connectivity index is 0.000000304. The zero-order valence-corrected chi connectivity index (χ0v) is 28.6. The molecule has 0 aliphatic carbocycles. The number of H-pyrrole nitrogens is 2. The third-order valence-electron chi connectivity index (χ3n) is 7.17. The van der Waals surface area contributed by atoms with Gasteiger partial charge in [-0.25, -0.2) is 16.8 Å². The number of hydrogen-bond acceptors (Lipinski definition) is 7. The van der Waals surface area contributed by atoms with E-state index in [0.29, 0.717) is 46.5 Å². The first-order chi connectivity index (χ1) is 22.7. The van der Waals surface area contributed by atoms with Gasteiger partial charge >= 0.3 is 0 Å². The Morgan fingerprint density at radius 2 is 1.12 bits per heavy atom. The molecule has 0 fully saturated rings. The summed E-state index contributed by atoms with van der Waals surface area (Å²) in [5.74, 6) is 0. The Labute approximate surface area is 293 Å². The number of aliphatic hydroxyl groups is 1. The fourth-order valence-corrected chi connectivity index (χ4v) is 7.95. The second-order valence-electron chi connectivity index (χ2n) is 10.2. The Morgan fingerprint density at radius 1 is 0.714 bits per heavy atom. The molecule has 0 amide bonds. The van der Waals surface area contributed by atoms with Gasteiger partial charge < -0.3 is 20.8 Å². The number of fused-ring (bicyclic) bond motifs is 2. The largest absolute Gasteiger partial charge is 0.397 e. The van der Waals surface area contributed by atoms with E-state index in [1.165, 1.54) is 6.20 Å². The quantitative estimate of drug-likeness (QED) is 0.0680. The van der Waals surface area contributed by atoms with Crippen LogP contribution in [0, 0.1) is 0 Å². The van der Waals surface area contributed by atoms with Gasteiger partial charge in [-0.05, 0) is 67.2 Å². The van der Waals surface area contributed by atoms with Gasteiger partial charge in [-0.15, -0.1) is 12.4 Å². The van der Waals surface area contributed by atoms with Gasteiger partial charge in [-0.2, -0.15) is 0 Å². The van der Waals surface area contributed by atoms with Gasteiger partial charge in [0.05, 0.1) is 25.1 Å². The van der Waals surface area contributed by atoms with Crippen LogP contribution in [0.15, 0.2) is 134 Å². The normalized spacial score (nSPS) is 10.8. The van der Waals surface area contributed by atoms with Crippen molar-refractivity contribution in [1.29, 1.82) is 0 Å². The molecule has 0 saturated carbocycles. The number of aromatic nitrogens is 2. The van der Waals surface area contributed by atoms with Crippen LogP contribution in [0.3, 0.4) is 0 Å². The highest BCUT2D eigenvalue weighted by molar-refractivity contribution is 7.92. The highest BCUT2D eigenvalue weighted by Crippen LogP contribution is 2.31. The summed E-state index contributed by atoms with van der Waals surface area (Å²) in [6.45, 7) is 2.79. The van der Waals surface area contributed by atoms with Gasteiger partial charge in [0.25, 0.3) is 0 Å². The smallest absolute Gasteiger partial charge is 0.208 e. The highest BCUT2D eigenvalue weighted by Gasteiger charge is 2.23. The minimum atomic E-state index is -3.58. The number of aliphatic hydroxyl groups excluding tert-OH is 1. The third kappa shape index (κ3) is 9.30. The summed E-state index contributed by atoms with van der Waals surface area (Å²) in [6.07, 6.45) is 4.34. The number of aromatic amines is 2. The third-order valence-corrected chi connectivity index (χ3v) is 10.8. The van der Waals surface area contributed by atoms with E-state index in [1.807, 2.05) is 30.3 Å². The molecule has 6 rings (SSSR count). The molecule has 5 N–H and O–H groups in total. The lowest BCUT2D eigenvalue weighted by Crippen LogP contribution is -2.03. The van der Waals surface area contributed by atoms with Crippen LogP contribution in [0.1, 0.15) is 25.5 Å². The lowest BCUT2D eigenvalue weighted by molar-refractivity contribution is 0.318. The predicted octanol–water partition coefficient (Wildman–Crippen LogP) is 7.41. The van der Waals surface area contributed by atoms with E-state index in [0.717, 1.165) is 22.2 Å². The molecule has 0 spiro atoms. The van der Waals surface area contributed by atoms with Gasteiger partial charge in [0.1, 0.15) is 0 Å². The molecule has 0 radical (unpaired) electrons. The van der Waals surface area contributed by atoms with Crippen LogP contribution in [0.4, 0.5) is 0 Å². The molecule has 6 aromatic rings. The fraction of sp³-hybridized carbons (Fsp3) is 0.200. The molecule has 0 bridgehead atoms. The number of nitrogens with zero attached hydrogens (tertiary/aromatic N) is 3. The van der Waals surface area contributed by atoms with Crippen molar-refractivity contribution in [3.05, 3.63) is 131 Å². The van der Waals surface area contributed by atoms with Crippen LogP contribution in [-0.2, 0) is 32.5 Å². The van der Waals surface area contributed by atoms with Crippen molar-refractivity contribution < 1.29 is 21.9 Å². The molecule has 49 heavy (non-hydrogen) atoms.